The number of rotatable bonds is 5. The highest BCUT2D eigenvalue weighted by molar-refractivity contribution is 5.93. The standard InChI is InChI=1S/C27H25NO4/c1-16-10-11-21-22(14-16)32-26(20-8-6-5-7-9-20)27(25(21)30)31-15-23(29)28-24-18(3)12-17(2)13-19(24)4/h5-14H,15H2,1-4H3,(H,28,29). The number of nitrogens with one attached hydrogen (secondary N) is 1. The third-order valence-corrected chi connectivity index (χ3v) is 5.33. The molecule has 0 fully saturated rings. The number of amides is 1. The monoisotopic (exact) mass is 427 g/mol. The van der Waals surface area contributed by atoms with Crippen LogP contribution in [0.5, 0.6) is 5.75 Å². The summed E-state index contributed by atoms with van der Waals surface area (Å²) in [6.07, 6.45) is 0. The van der Waals surface area contributed by atoms with Gasteiger partial charge in [-0.2, -0.15) is 0 Å². The van der Waals surface area contributed by atoms with Gasteiger partial charge in [0.15, 0.2) is 12.4 Å². The van der Waals surface area contributed by atoms with Gasteiger partial charge in [-0.3, -0.25) is 9.59 Å². The Hall–Kier alpha value is -3.86. The molecule has 3 aromatic carbocycles. The van der Waals surface area contributed by atoms with Gasteiger partial charge in [-0.05, 0) is 56.5 Å². The molecule has 0 unspecified atom stereocenters. The molecule has 0 spiro atoms. The average Bonchev–Trinajstić information content (AvgIpc) is 2.76. The maximum absolute atomic E-state index is 13.2. The number of benzene rings is 3. The first-order chi connectivity index (χ1) is 15.3. The number of anilines is 1. The molecule has 1 N–H and O–H groups in total. The van der Waals surface area contributed by atoms with E-state index >= 15 is 0 Å². The van der Waals surface area contributed by atoms with E-state index in [1.807, 2.05) is 82.3 Å². The van der Waals surface area contributed by atoms with E-state index in [4.69, 9.17) is 9.15 Å². The van der Waals surface area contributed by atoms with Crippen molar-refractivity contribution in [3.63, 3.8) is 0 Å². The highest BCUT2D eigenvalue weighted by Gasteiger charge is 2.19. The number of fused-ring (bicyclic) bond motifs is 1. The predicted octanol–water partition coefficient (Wildman–Crippen LogP) is 5.71. The molecule has 0 aliphatic heterocycles. The molecule has 5 heteroatoms. The summed E-state index contributed by atoms with van der Waals surface area (Å²) in [5, 5.41) is 3.32. The van der Waals surface area contributed by atoms with Crippen molar-refractivity contribution in [3.8, 4) is 17.1 Å². The van der Waals surface area contributed by atoms with Crippen LogP contribution in [0, 0.1) is 27.7 Å². The van der Waals surface area contributed by atoms with Crippen LogP contribution in [-0.4, -0.2) is 12.5 Å². The number of carbonyl (C=O) groups is 1. The van der Waals surface area contributed by atoms with E-state index in [0.717, 1.165) is 27.9 Å². The van der Waals surface area contributed by atoms with Gasteiger partial charge < -0.3 is 14.5 Å². The molecule has 1 aromatic heterocycles. The van der Waals surface area contributed by atoms with Crippen molar-refractivity contribution in [3.05, 3.63) is 93.1 Å². The fourth-order valence-corrected chi connectivity index (χ4v) is 3.88. The molecular weight excluding hydrogens is 402 g/mol. The summed E-state index contributed by atoms with van der Waals surface area (Å²) >= 11 is 0. The molecule has 4 rings (SSSR count). The van der Waals surface area contributed by atoms with Gasteiger partial charge in [0.05, 0.1) is 5.39 Å². The van der Waals surface area contributed by atoms with Gasteiger partial charge in [0.2, 0.25) is 11.2 Å². The summed E-state index contributed by atoms with van der Waals surface area (Å²) in [4.78, 5) is 25.9. The van der Waals surface area contributed by atoms with E-state index in [-0.39, 0.29) is 23.7 Å². The minimum Gasteiger partial charge on any atom is -0.476 e. The molecule has 1 amide bonds. The Morgan fingerprint density at radius 3 is 2.28 bits per heavy atom. The number of carbonyl (C=O) groups excluding carboxylic acids is 1. The maximum Gasteiger partial charge on any atom is 0.262 e. The van der Waals surface area contributed by atoms with Crippen LogP contribution >= 0.6 is 0 Å². The Kier molecular flexibility index (Phi) is 5.82. The molecule has 4 aromatic rings. The van der Waals surface area contributed by atoms with Crippen LogP contribution < -0.4 is 15.5 Å². The summed E-state index contributed by atoms with van der Waals surface area (Å²) < 4.78 is 11.9. The van der Waals surface area contributed by atoms with Gasteiger partial charge in [0.25, 0.3) is 5.91 Å². The molecule has 1 heterocycles. The quantitative estimate of drug-likeness (QED) is 0.443. The molecule has 0 aliphatic rings. The molecule has 0 saturated heterocycles. The average molecular weight is 428 g/mol. The second-order valence-corrected chi connectivity index (χ2v) is 8.07. The highest BCUT2D eigenvalue weighted by atomic mass is 16.5. The zero-order chi connectivity index (χ0) is 22.8. The van der Waals surface area contributed by atoms with Crippen LogP contribution in [-0.2, 0) is 4.79 Å². The molecule has 0 saturated carbocycles. The van der Waals surface area contributed by atoms with Crippen molar-refractivity contribution >= 4 is 22.6 Å². The lowest BCUT2D eigenvalue weighted by Gasteiger charge is -2.14. The van der Waals surface area contributed by atoms with Crippen molar-refractivity contribution in [2.45, 2.75) is 27.7 Å². The first-order valence-electron chi connectivity index (χ1n) is 10.5. The van der Waals surface area contributed by atoms with Crippen LogP contribution in [0.25, 0.3) is 22.3 Å². The third kappa shape index (κ3) is 4.28. The maximum atomic E-state index is 13.2. The van der Waals surface area contributed by atoms with Gasteiger partial charge in [-0.1, -0.05) is 54.1 Å². The SMILES string of the molecule is Cc1cc(C)c(NC(=O)COc2c(-c3ccccc3)oc3cc(C)ccc3c2=O)c(C)c1. The smallest absolute Gasteiger partial charge is 0.262 e. The van der Waals surface area contributed by atoms with Crippen molar-refractivity contribution in [1.29, 1.82) is 0 Å². The largest absolute Gasteiger partial charge is 0.476 e. The second-order valence-electron chi connectivity index (χ2n) is 8.07. The second kappa shape index (κ2) is 8.71. The molecule has 32 heavy (non-hydrogen) atoms. The Morgan fingerprint density at radius 1 is 0.906 bits per heavy atom. The van der Waals surface area contributed by atoms with E-state index in [9.17, 15) is 9.59 Å². The molecule has 0 atom stereocenters. The van der Waals surface area contributed by atoms with Crippen LogP contribution in [0.3, 0.4) is 0 Å². The molecule has 0 bridgehead atoms. The fraction of sp³-hybridized carbons (Fsp3) is 0.185. The predicted molar refractivity (Wildman–Crippen MR) is 127 cm³/mol. The summed E-state index contributed by atoms with van der Waals surface area (Å²) in [5.74, 6) is -0.00767. The summed E-state index contributed by atoms with van der Waals surface area (Å²) in [5.41, 5.74) is 5.70. The zero-order valence-corrected chi connectivity index (χ0v) is 18.6. The van der Waals surface area contributed by atoms with E-state index in [2.05, 4.69) is 5.32 Å². The van der Waals surface area contributed by atoms with Crippen molar-refractivity contribution in [1.82, 2.24) is 0 Å². The Bertz CT molecular complexity index is 1350. The lowest BCUT2D eigenvalue weighted by atomic mass is 10.1. The number of hydrogen-bond donors (Lipinski definition) is 1. The van der Waals surface area contributed by atoms with Gasteiger partial charge in [0.1, 0.15) is 5.58 Å². The van der Waals surface area contributed by atoms with Crippen LogP contribution in [0.2, 0.25) is 0 Å². The van der Waals surface area contributed by atoms with Gasteiger partial charge in [0, 0.05) is 11.3 Å². The number of hydrogen-bond acceptors (Lipinski definition) is 4. The third-order valence-electron chi connectivity index (χ3n) is 5.33. The van der Waals surface area contributed by atoms with E-state index < -0.39 is 0 Å². The van der Waals surface area contributed by atoms with Gasteiger partial charge >= 0.3 is 0 Å². The summed E-state index contributed by atoms with van der Waals surface area (Å²) in [6, 6.07) is 18.7. The molecule has 0 radical (unpaired) electrons. The first kappa shape index (κ1) is 21.4. The molecule has 0 aliphatic carbocycles. The topological polar surface area (TPSA) is 68.5 Å². The first-order valence-corrected chi connectivity index (χ1v) is 10.5. The minimum absolute atomic E-state index is 0.0278. The summed E-state index contributed by atoms with van der Waals surface area (Å²) in [7, 11) is 0. The van der Waals surface area contributed by atoms with Gasteiger partial charge in [-0.25, -0.2) is 0 Å². The lowest BCUT2D eigenvalue weighted by molar-refractivity contribution is -0.118. The summed E-state index contributed by atoms with van der Waals surface area (Å²) in [6.45, 7) is 7.54. The lowest BCUT2D eigenvalue weighted by Crippen LogP contribution is -2.23. The number of ether oxygens (including phenoxy) is 1. The van der Waals surface area contributed by atoms with Crippen LogP contribution in [0.15, 0.2) is 69.9 Å². The minimum atomic E-state index is -0.345. The molecular formula is C27H25NO4. The van der Waals surface area contributed by atoms with Crippen molar-refractivity contribution in [2.24, 2.45) is 0 Å². The van der Waals surface area contributed by atoms with E-state index in [0.29, 0.717) is 22.3 Å². The number of aryl methyl sites for hydroxylation is 4. The molecule has 162 valence electrons. The van der Waals surface area contributed by atoms with E-state index in [1.54, 1.807) is 6.07 Å². The fourth-order valence-electron chi connectivity index (χ4n) is 3.88. The van der Waals surface area contributed by atoms with E-state index in [1.165, 1.54) is 0 Å². The van der Waals surface area contributed by atoms with Crippen LogP contribution in [0.4, 0.5) is 5.69 Å². The Morgan fingerprint density at radius 2 is 1.59 bits per heavy atom. The van der Waals surface area contributed by atoms with Crippen molar-refractivity contribution < 1.29 is 13.9 Å². The normalized spacial score (nSPS) is 10.9. The Labute approximate surface area is 186 Å². The van der Waals surface area contributed by atoms with Crippen molar-refractivity contribution in [2.75, 3.05) is 11.9 Å². The Balaban J connectivity index is 1.68. The van der Waals surface area contributed by atoms with Crippen LogP contribution in [0.1, 0.15) is 22.3 Å². The zero-order valence-electron chi connectivity index (χ0n) is 18.6. The van der Waals surface area contributed by atoms with Gasteiger partial charge in [-0.15, -0.1) is 0 Å². The highest BCUT2D eigenvalue weighted by Crippen LogP contribution is 2.31. The molecule has 5 nitrogen and oxygen atoms in total.